The predicted molar refractivity (Wildman–Crippen MR) is 134 cm³/mol. The first kappa shape index (κ1) is 23.1. The van der Waals surface area contributed by atoms with Gasteiger partial charge in [0.15, 0.2) is 11.0 Å². The Bertz CT molecular complexity index is 1230. The number of carbonyl (C=O) groups is 1. The quantitative estimate of drug-likeness (QED) is 0.319. The lowest BCUT2D eigenvalue weighted by Gasteiger charge is -2.20. The molecule has 0 saturated carbocycles. The van der Waals surface area contributed by atoms with Crippen LogP contribution in [-0.4, -0.2) is 20.7 Å². The molecule has 1 atom stereocenters. The largest absolute Gasteiger partial charge is 0.346 e. The number of amides is 1. The second kappa shape index (κ2) is 10.7. The summed E-state index contributed by atoms with van der Waals surface area (Å²) < 4.78 is 2.03. The summed E-state index contributed by atoms with van der Waals surface area (Å²) in [4.78, 5) is 12.1. The highest BCUT2D eigenvalue weighted by Gasteiger charge is 2.25. The van der Waals surface area contributed by atoms with Crippen LogP contribution in [0.2, 0.25) is 5.02 Å². The molecule has 0 aliphatic carbocycles. The van der Waals surface area contributed by atoms with Crippen LogP contribution in [0.1, 0.15) is 35.5 Å². The number of aryl methyl sites for hydroxylation is 1. The van der Waals surface area contributed by atoms with Gasteiger partial charge in [-0.25, -0.2) is 0 Å². The van der Waals surface area contributed by atoms with Crippen molar-refractivity contribution in [3.05, 3.63) is 106 Å². The Hall–Kier alpha value is -3.09. The van der Waals surface area contributed by atoms with Crippen molar-refractivity contribution in [1.82, 2.24) is 20.1 Å². The molecule has 0 aliphatic rings. The summed E-state index contributed by atoms with van der Waals surface area (Å²) in [5, 5.41) is 13.5. The molecule has 0 fully saturated rings. The minimum Gasteiger partial charge on any atom is -0.346 e. The fourth-order valence-electron chi connectivity index (χ4n) is 3.67. The average Bonchev–Trinajstić information content (AvgIpc) is 3.23. The fourth-order valence-corrected chi connectivity index (χ4v) is 4.75. The van der Waals surface area contributed by atoms with Crippen LogP contribution in [0.4, 0.5) is 0 Å². The van der Waals surface area contributed by atoms with Crippen molar-refractivity contribution in [2.75, 3.05) is 0 Å². The highest BCUT2D eigenvalue weighted by Crippen LogP contribution is 2.31. The van der Waals surface area contributed by atoms with E-state index in [0.29, 0.717) is 17.3 Å². The van der Waals surface area contributed by atoms with E-state index in [4.69, 9.17) is 11.6 Å². The average molecular weight is 477 g/mol. The molecular formula is C26H25ClN4OS. The molecule has 0 saturated heterocycles. The number of benzene rings is 3. The van der Waals surface area contributed by atoms with Crippen LogP contribution in [0.25, 0.3) is 5.69 Å². The summed E-state index contributed by atoms with van der Waals surface area (Å²) in [7, 11) is 0. The molecule has 168 valence electrons. The van der Waals surface area contributed by atoms with Crippen molar-refractivity contribution < 1.29 is 4.79 Å². The second-order valence-electron chi connectivity index (χ2n) is 7.82. The molecule has 7 heteroatoms. The Kier molecular flexibility index (Phi) is 7.47. The second-order valence-corrected chi connectivity index (χ2v) is 9.20. The zero-order valence-electron chi connectivity index (χ0n) is 18.5. The van der Waals surface area contributed by atoms with E-state index in [-0.39, 0.29) is 11.9 Å². The van der Waals surface area contributed by atoms with Crippen molar-refractivity contribution in [2.45, 2.75) is 37.2 Å². The summed E-state index contributed by atoms with van der Waals surface area (Å²) in [6, 6.07) is 25.7. The fraction of sp³-hybridized carbons (Fsp3) is 0.192. The van der Waals surface area contributed by atoms with E-state index in [2.05, 4.69) is 27.6 Å². The molecule has 0 spiro atoms. The van der Waals surface area contributed by atoms with Gasteiger partial charge in [-0.05, 0) is 42.2 Å². The van der Waals surface area contributed by atoms with Gasteiger partial charge in [-0.1, -0.05) is 90.1 Å². The molecule has 4 rings (SSSR count). The van der Waals surface area contributed by atoms with Crippen LogP contribution in [-0.2, 0) is 17.0 Å². The van der Waals surface area contributed by atoms with Gasteiger partial charge in [0.05, 0.1) is 11.7 Å². The van der Waals surface area contributed by atoms with Gasteiger partial charge in [0.2, 0.25) is 5.91 Å². The normalized spacial score (nSPS) is 11.8. The summed E-state index contributed by atoms with van der Waals surface area (Å²) in [5.74, 6) is 1.31. The van der Waals surface area contributed by atoms with Crippen LogP contribution in [0, 0.1) is 6.92 Å². The summed E-state index contributed by atoms with van der Waals surface area (Å²) in [6.45, 7) is 3.56. The summed E-state index contributed by atoms with van der Waals surface area (Å²) in [6.07, 6.45) is 0.599. The maximum atomic E-state index is 12.1. The topological polar surface area (TPSA) is 59.8 Å². The first-order valence-electron chi connectivity index (χ1n) is 10.7. The Labute approximate surface area is 203 Å². The molecule has 1 unspecified atom stereocenters. The molecule has 1 N–H and O–H groups in total. The maximum absolute atomic E-state index is 12.1. The summed E-state index contributed by atoms with van der Waals surface area (Å²) in [5.41, 5.74) is 4.25. The van der Waals surface area contributed by atoms with E-state index in [1.54, 1.807) is 11.8 Å². The molecule has 3 aromatic carbocycles. The van der Waals surface area contributed by atoms with E-state index in [0.717, 1.165) is 27.7 Å². The third-order valence-corrected chi connectivity index (χ3v) is 6.49. The number of halogens is 1. The van der Waals surface area contributed by atoms with Crippen LogP contribution >= 0.6 is 23.4 Å². The Morgan fingerprint density at radius 1 is 1.00 bits per heavy atom. The minimum absolute atomic E-state index is 0.119. The Morgan fingerprint density at radius 3 is 2.33 bits per heavy atom. The van der Waals surface area contributed by atoms with E-state index in [1.165, 1.54) is 12.5 Å². The number of hydrogen-bond acceptors (Lipinski definition) is 4. The minimum atomic E-state index is -0.346. The monoisotopic (exact) mass is 476 g/mol. The molecular weight excluding hydrogens is 452 g/mol. The number of aromatic nitrogens is 3. The molecule has 0 radical (unpaired) electrons. The smallest absolute Gasteiger partial charge is 0.217 e. The Morgan fingerprint density at radius 2 is 1.67 bits per heavy atom. The third-order valence-electron chi connectivity index (χ3n) is 5.25. The lowest BCUT2D eigenvalue weighted by atomic mass is 10.0. The molecule has 5 nitrogen and oxygen atoms in total. The number of hydrogen-bond donors (Lipinski definition) is 1. The van der Waals surface area contributed by atoms with Crippen LogP contribution in [0.3, 0.4) is 0 Å². The van der Waals surface area contributed by atoms with Gasteiger partial charge in [0, 0.05) is 17.7 Å². The molecule has 1 amide bonds. The number of nitrogens with one attached hydrogen (secondary N) is 1. The number of rotatable bonds is 8. The molecule has 1 heterocycles. The highest BCUT2D eigenvalue weighted by molar-refractivity contribution is 7.98. The van der Waals surface area contributed by atoms with E-state index in [9.17, 15) is 4.79 Å². The molecule has 33 heavy (non-hydrogen) atoms. The molecule has 4 aromatic rings. The van der Waals surface area contributed by atoms with Gasteiger partial charge >= 0.3 is 0 Å². The molecule has 0 bridgehead atoms. The van der Waals surface area contributed by atoms with Crippen LogP contribution < -0.4 is 5.32 Å². The first-order valence-corrected chi connectivity index (χ1v) is 12.1. The van der Waals surface area contributed by atoms with E-state index < -0.39 is 0 Å². The van der Waals surface area contributed by atoms with Crippen LogP contribution in [0.15, 0.2) is 84.0 Å². The van der Waals surface area contributed by atoms with Gasteiger partial charge in [-0.2, -0.15) is 0 Å². The zero-order chi connectivity index (χ0) is 23.2. The van der Waals surface area contributed by atoms with Gasteiger partial charge in [0.1, 0.15) is 0 Å². The number of thioether (sulfide) groups is 1. The first-order chi connectivity index (χ1) is 16.0. The third kappa shape index (κ3) is 5.83. The number of carbonyl (C=O) groups excluding carboxylic acids is 1. The van der Waals surface area contributed by atoms with Gasteiger partial charge in [0.25, 0.3) is 0 Å². The zero-order valence-corrected chi connectivity index (χ0v) is 20.1. The lowest BCUT2D eigenvalue weighted by Crippen LogP contribution is -2.30. The highest BCUT2D eigenvalue weighted by atomic mass is 35.5. The van der Waals surface area contributed by atoms with Gasteiger partial charge in [-0.3, -0.25) is 9.36 Å². The number of nitrogens with zero attached hydrogens (tertiary/aromatic N) is 3. The van der Waals surface area contributed by atoms with Gasteiger partial charge in [-0.15, -0.1) is 10.2 Å². The maximum Gasteiger partial charge on any atom is 0.217 e. The lowest BCUT2D eigenvalue weighted by molar-refractivity contribution is -0.119. The van der Waals surface area contributed by atoms with Crippen molar-refractivity contribution in [1.29, 1.82) is 0 Å². The van der Waals surface area contributed by atoms with E-state index >= 15 is 0 Å². The molecule has 1 aromatic heterocycles. The van der Waals surface area contributed by atoms with Crippen molar-refractivity contribution in [2.24, 2.45) is 0 Å². The van der Waals surface area contributed by atoms with Gasteiger partial charge < -0.3 is 5.32 Å². The standard InChI is InChI=1S/C26H25ClN4OS/c1-18-13-14-22(27)16-24(18)31-25(23(28-19(2)32)15-20-9-5-3-6-10-20)29-30-26(31)33-17-21-11-7-4-8-12-21/h3-14,16,23H,15,17H2,1-2H3,(H,28,32). The molecule has 0 aliphatic heterocycles. The van der Waals surface area contributed by atoms with Crippen molar-refractivity contribution in [3.8, 4) is 5.69 Å². The summed E-state index contributed by atoms with van der Waals surface area (Å²) >= 11 is 7.98. The van der Waals surface area contributed by atoms with E-state index in [1.807, 2.05) is 78.2 Å². The predicted octanol–water partition coefficient (Wildman–Crippen LogP) is 5.94. The van der Waals surface area contributed by atoms with Crippen molar-refractivity contribution in [3.63, 3.8) is 0 Å². The van der Waals surface area contributed by atoms with Crippen LogP contribution in [0.5, 0.6) is 0 Å². The SMILES string of the molecule is CC(=O)NC(Cc1ccccc1)c1nnc(SCc2ccccc2)n1-c1cc(Cl)ccc1C. The Balaban J connectivity index is 1.77. The van der Waals surface area contributed by atoms with Crippen molar-refractivity contribution >= 4 is 29.3 Å².